The van der Waals surface area contributed by atoms with Crippen LogP contribution < -0.4 is 10.6 Å². The van der Waals surface area contributed by atoms with Gasteiger partial charge in [-0.15, -0.1) is 10.2 Å². The fourth-order valence-electron chi connectivity index (χ4n) is 2.60. The van der Waals surface area contributed by atoms with Crippen molar-refractivity contribution in [2.24, 2.45) is 7.05 Å². The average Bonchev–Trinajstić information content (AvgIpc) is 3.12. The lowest BCUT2D eigenvalue weighted by atomic mass is 10.2. The molecular weight excluding hydrogens is 421 g/mol. The summed E-state index contributed by atoms with van der Waals surface area (Å²) in [6.07, 6.45) is 0. The lowest BCUT2D eigenvalue weighted by Gasteiger charge is -2.08. The molecule has 0 aliphatic rings. The second-order valence-electron chi connectivity index (χ2n) is 6.45. The molecule has 0 aliphatic heterocycles. The van der Waals surface area contributed by atoms with Crippen molar-refractivity contribution in [3.05, 3.63) is 65.7 Å². The Kier molecular flexibility index (Phi) is 7.60. The number of rotatable bonds is 9. The third-order valence-corrected chi connectivity index (χ3v) is 5.25. The zero-order valence-corrected chi connectivity index (χ0v) is 17.9. The normalized spacial score (nSPS) is 10.5. The number of nitrogens with one attached hydrogen (secondary N) is 2. The van der Waals surface area contributed by atoms with Crippen LogP contribution in [-0.4, -0.2) is 39.0 Å². The van der Waals surface area contributed by atoms with Crippen LogP contribution in [0, 0.1) is 5.82 Å². The van der Waals surface area contributed by atoms with Crippen molar-refractivity contribution in [3.63, 3.8) is 0 Å². The zero-order valence-electron chi connectivity index (χ0n) is 17.1. The van der Waals surface area contributed by atoms with E-state index in [1.165, 1.54) is 23.9 Å². The Balaban J connectivity index is 1.49. The molecule has 0 radical (unpaired) electrons. The Bertz CT molecular complexity index is 1040. The van der Waals surface area contributed by atoms with E-state index in [2.05, 4.69) is 20.8 Å². The van der Waals surface area contributed by atoms with Crippen LogP contribution in [0.25, 0.3) is 0 Å². The summed E-state index contributed by atoms with van der Waals surface area (Å²) in [5, 5.41) is 14.8. The summed E-state index contributed by atoms with van der Waals surface area (Å²) >= 11 is 1.26. The van der Waals surface area contributed by atoms with Crippen molar-refractivity contribution < 1.29 is 18.7 Å². The highest BCUT2D eigenvalue weighted by atomic mass is 32.2. The maximum Gasteiger partial charge on any atom is 0.338 e. The highest BCUT2D eigenvalue weighted by Crippen LogP contribution is 2.18. The Hall–Kier alpha value is -3.40. The lowest BCUT2D eigenvalue weighted by Crippen LogP contribution is -2.15. The van der Waals surface area contributed by atoms with Gasteiger partial charge in [-0.1, -0.05) is 11.8 Å². The standard InChI is InChI=1S/C21H22FN5O3S/c1-3-30-20(29)14-4-8-17(9-5-14)24-19(28)13-31-21-26-25-18(27(21)2)12-23-16-10-6-15(22)7-11-16/h4-11,23H,3,12-13H2,1-2H3,(H,24,28). The molecule has 31 heavy (non-hydrogen) atoms. The molecule has 0 atom stereocenters. The van der Waals surface area contributed by atoms with Crippen molar-refractivity contribution in [2.75, 3.05) is 23.0 Å². The largest absolute Gasteiger partial charge is 0.462 e. The first-order valence-corrected chi connectivity index (χ1v) is 10.5. The molecule has 2 N–H and O–H groups in total. The number of carbonyl (C=O) groups excluding carboxylic acids is 2. The number of thioether (sulfide) groups is 1. The summed E-state index contributed by atoms with van der Waals surface area (Å²) in [6, 6.07) is 12.5. The topological polar surface area (TPSA) is 98.1 Å². The Morgan fingerprint density at radius 1 is 1.06 bits per heavy atom. The highest BCUT2D eigenvalue weighted by Gasteiger charge is 2.12. The number of benzene rings is 2. The van der Waals surface area contributed by atoms with Gasteiger partial charge in [0, 0.05) is 18.4 Å². The average molecular weight is 444 g/mol. The molecule has 3 rings (SSSR count). The summed E-state index contributed by atoms with van der Waals surface area (Å²) in [5.74, 6) is -0.0690. The molecule has 0 saturated heterocycles. The van der Waals surface area contributed by atoms with Gasteiger partial charge < -0.3 is 19.9 Å². The Labute approximate surface area is 183 Å². The van der Waals surface area contributed by atoms with Crippen molar-refractivity contribution in [1.82, 2.24) is 14.8 Å². The molecule has 10 heteroatoms. The number of hydrogen-bond acceptors (Lipinski definition) is 7. The third-order valence-electron chi connectivity index (χ3n) is 4.23. The Morgan fingerprint density at radius 2 is 1.74 bits per heavy atom. The molecule has 0 unspecified atom stereocenters. The van der Waals surface area contributed by atoms with E-state index in [-0.39, 0.29) is 17.5 Å². The molecule has 0 bridgehead atoms. The maximum absolute atomic E-state index is 13.0. The van der Waals surface area contributed by atoms with Gasteiger partial charge in [-0.3, -0.25) is 4.79 Å². The molecule has 8 nitrogen and oxygen atoms in total. The zero-order chi connectivity index (χ0) is 22.2. The SMILES string of the molecule is CCOC(=O)c1ccc(NC(=O)CSc2nnc(CNc3ccc(F)cc3)n2C)cc1. The van der Waals surface area contributed by atoms with Crippen LogP contribution in [0.15, 0.2) is 53.7 Å². The summed E-state index contributed by atoms with van der Waals surface area (Å²) in [7, 11) is 1.82. The van der Waals surface area contributed by atoms with Crippen LogP contribution in [0.2, 0.25) is 0 Å². The second-order valence-corrected chi connectivity index (χ2v) is 7.40. The van der Waals surface area contributed by atoms with Crippen LogP contribution >= 0.6 is 11.8 Å². The number of ether oxygens (including phenoxy) is 1. The van der Waals surface area contributed by atoms with Crippen molar-refractivity contribution >= 4 is 35.0 Å². The third kappa shape index (κ3) is 6.29. The van der Waals surface area contributed by atoms with Gasteiger partial charge in [-0.05, 0) is 55.5 Å². The van der Waals surface area contributed by atoms with Crippen LogP contribution in [0.3, 0.4) is 0 Å². The summed E-state index contributed by atoms with van der Waals surface area (Å²) < 4.78 is 19.7. The monoisotopic (exact) mass is 443 g/mol. The number of aromatic nitrogens is 3. The molecule has 0 saturated carbocycles. The molecule has 1 amide bonds. The molecule has 0 aliphatic carbocycles. The summed E-state index contributed by atoms with van der Waals surface area (Å²) in [5.41, 5.74) is 1.78. The molecule has 0 fully saturated rings. The van der Waals surface area contributed by atoms with E-state index in [1.807, 2.05) is 7.05 Å². The molecule has 1 heterocycles. The maximum atomic E-state index is 13.0. The van der Waals surface area contributed by atoms with E-state index in [1.54, 1.807) is 47.9 Å². The summed E-state index contributed by atoms with van der Waals surface area (Å²) in [6.45, 7) is 2.46. The Morgan fingerprint density at radius 3 is 2.42 bits per heavy atom. The smallest absolute Gasteiger partial charge is 0.338 e. The van der Waals surface area contributed by atoms with E-state index in [9.17, 15) is 14.0 Å². The predicted octanol–water partition coefficient (Wildman–Crippen LogP) is 3.47. The number of nitrogens with zero attached hydrogens (tertiary/aromatic N) is 3. The van der Waals surface area contributed by atoms with E-state index in [4.69, 9.17) is 4.74 Å². The van der Waals surface area contributed by atoms with Crippen molar-refractivity contribution in [3.8, 4) is 0 Å². The quantitative estimate of drug-likeness (QED) is 0.386. The second kappa shape index (κ2) is 10.6. The van der Waals surface area contributed by atoms with Gasteiger partial charge in [-0.25, -0.2) is 9.18 Å². The molecular formula is C21H22FN5O3S. The number of carbonyl (C=O) groups is 2. The minimum atomic E-state index is -0.400. The molecule has 3 aromatic rings. The molecule has 2 aromatic carbocycles. The summed E-state index contributed by atoms with van der Waals surface area (Å²) in [4.78, 5) is 23.9. The number of esters is 1. The first-order chi connectivity index (χ1) is 15.0. The van der Waals surface area contributed by atoms with Gasteiger partial charge in [0.25, 0.3) is 0 Å². The van der Waals surface area contributed by atoms with Crippen LogP contribution in [-0.2, 0) is 23.1 Å². The van der Waals surface area contributed by atoms with E-state index < -0.39 is 5.97 Å². The van der Waals surface area contributed by atoms with E-state index >= 15 is 0 Å². The number of hydrogen-bond donors (Lipinski definition) is 2. The van der Waals surface area contributed by atoms with Gasteiger partial charge in [0.2, 0.25) is 5.91 Å². The van der Waals surface area contributed by atoms with Gasteiger partial charge >= 0.3 is 5.97 Å². The number of amides is 1. The van der Waals surface area contributed by atoms with Gasteiger partial charge in [0.05, 0.1) is 24.5 Å². The lowest BCUT2D eigenvalue weighted by molar-refractivity contribution is -0.113. The van der Waals surface area contributed by atoms with E-state index in [0.717, 1.165) is 5.69 Å². The van der Waals surface area contributed by atoms with Gasteiger partial charge in [0.15, 0.2) is 11.0 Å². The number of halogens is 1. The first-order valence-electron chi connectivity index (χ1n) is 9.53. The van der Waals surface area contributed by atoms with Crippen LogP contribution in [0.1, 0.15) is 23.1 Å². The fraction of sp³-hybridized carbons (Fsp3) is 0.238. The molecule has 162 valence electrons. The minimum Gasteiger partial charge on any atom is -0.462 e. The van der Waals surface area contributed by atoms with Crippen LogP contribution in [0.5, 0.6) is 0 Å². The number of anilines is 2. The predicted molar refractivity (Wildman–Crippen MR) is 116 cm³/mol. The van der Waals surface area contributed by atoms with Gasteiger partial charge in [0.1, 0.15) is 5.82 Å². The molecule has 1 aromatic heterocycles. The van der Waals surface area contributed by atoms with Crippen LogP contribution in [0.4, 0.5) is 15.8 Å². The first kappa shape index (κ1) is 22.3. The fourth-order valence-corrected chi connectivity index (χ4v) is 3.33. The van der Waals surface area contributed by atoms with Crippen molar-refractivity contribution in [1.29, 1.82) is 0 Å². The highest BCUT2D eigenvalue weighted by molar-refractivity contribution is 7.99. The van der Waals surface area contributed by atoms with Crippen molar-refractivity contribution in [2.45, 2.75) is 18.6 Å². The van der Waals surface area contributed by atoms with E-state index in [0.29, 0.717) is 35.4 Å². The minimum absolute atomic E-state index is 0.150. The molecule has 0 spiro atoms. The van der Waals surface area contributed by atoms with Gasteiger partial charge in [-0.2, -0.15) is 0 Å².